The minimum Gasteiger partial charge on any atom is -0.462 e. The molecule has 0 aliphatic heterocycles. The standard InChI is InChI=1S/C59H104O6/c1-4-7-10-13-16-19-22-24-25-26-27-28-29-30-31-32-33-35-37-40-43-46-49-52-58(61)64-55-56(54-63-57(60)51-48-45-42-39-36-21-18-15-12-9-6-3)65-59(62)53-50-47-44-41-38-34-23-20-17-14-11-8-5-2/h11,14,20,22-24,26-27,29-30,56H,4-10,12-13,15-19,21,25,28,31-55H2,1-3H3/b14-11-,23-20-,24-22-,27-26-,30-29-. The van der Waals surface area contributed by atoms with Crippen molar-refractivity contribution in [1.82, 2.24) is 0 Å². The predicted molar refractivity (Wildman–Crippen MR) is 279 cm³/mol. The molecule has 1 unspecified atom stereocenters. The molecule has 376 valence electrons. The molecule has 0 bridgehead atoms. The zero-order chi connectivity index (χ0) is 47.2. The number of hydrogen-bond donors (Lipinski definition) is 0. The molecule has 0 aromatic rings. The van der Waals surface area contributed by atoms with Crippen LogP contribution in [0.5, 0.6) is 0 Å². The fraction of sp³-hybridized carbons (Fsp3) is 0.780. The van der Waals surface area contributed by atoms with Gasteiger partial charge in [0.15, 0.2) is 6.10 Å². The summed E-state index contributed by atoms with van der Waals surface area (Å²) in [6.45, 7) is 6.55. The van der Waals surface area contributed by atoms with Crippen LogP contribution < -0.4 is 0 Å². The number of unbranched alkanes of at least 4 members (excludes halogenated alkanes) is 29. The Kier molecular flexibility index (Phi) is 51.3. The van der Waals surface area contributed by atoms with E-state index in [0.717, 1.165) is 109 Å². The van der Waals surface area contributed by atoms with Crippen molar-refractivity contribution in [3.05, 3.63) is 60.8 Å². The van der Waals surface area contributed by atoms with Gasteiger partial charge in [0, 0.05) is 19.3 Å². The summed E-state index contributed by atoms with van der Waals surface area (Å²) >= 11 is 0. The molecule has 0 amide bonds. The molecule has 1 atom stereocenters. The summed E-state index contributed by atoms with van der Waals surface area (Å²) in [5.74, 6) is -0.896. The molecule has 65 heavy (non-hydrogen) atoms. The highest BCUT2D eigenvalue weighted by Gasteiger charge is 2.19. The average molecular weight is 909 g/mol. The van der Waals surface area contributed by atoms with Gasteiger partial charge in [0.2, 0.25) is 0 Å². The van der Waals surface area contributed by atoms with Crippen molar-refractivity contribution >= 4 is 17.9 Å². The van der Waals surface area contributed by atoms with Gasteiger partial charge in [-0.1, -0.05) is 236 Å². The van der Waals surface area contributed by atoms with E-state index in [0.29, 0.717) is 19.3 Å². The highest BCUT2D eigenvalue weighted by molar-refractivity contribution is 5.71. The summed E-state index contributed by atoms with van der Waals surface area (Å²) in [6, 6.07) is 0. The second kappa shape index (κ2) is 53.7. The maximum atomic E-state index is 12.8. The summed E-state index contributed by atoms with van der Waals surface area (Å²) in [7, 11) is 0. The lowest BCUT2D eigenvalue weighted by molar-refractivity contribution is -0.167. The molecule has 0 aliphatic carbocycles. The SMILES string of the molecule is CCC/C=C\C/C=C\CCCCCCCC(=O)OC(COC(=O)CCCCCCCCCC/C=C\C/C=C\C/C=C\CCCCCCC)COC(=O)CCCCCCCCCCCCC. The van der Waals surface area contributed by atoms with E-state index < -0.39 is 6.10 Å². The molecule has 6 nitrogen and oxygen atoms in total. The maximum Gasteiger partial charge on any atom is 0.306 e. The van der Waals surface area contributed by atoms with Crippen LogP contribution in [0.2, 0.25) is 0 Å². The summed E-state index contributed by atoms with van der Waals surface area (Å²) in [5.41, 5.74) is 0. The molecule has 0 aromatic carbocycles. The fourth-order valence-corrected chi connectivity index (χ4v) is 7.78. The van der Waals surface area contributed by atoms with E-state index >= 15 is 0 Å². The van der Waals surface area contributed by atoms with Crippen molar-refractivity contribution in [2.24, 2.45) is 0 Å². The zero-order valence-electron chi connectivity index (χ0n) is 43.0. The molecule has 0 heterocycles. The van der Waals surface area contributed by atoms with Gasteiger partial charge in [-0.15, -0.1) is 0 Å². The van der Waals surface area contributed by atoms with E-state index in [1.54, 1.807) is 0 Å². The Morgan fingerprint density at radius 3 is 0.923 bits per heavy atom. The van der Waals surface area contributed by atoms with Gasteiger partial charge in [-0.2, -0.15) is 0 Å². The Morgan fingerprint density at radius 1 is 0.308 bits per heavy atom. The van der Waals surface area contributed by atoms with Gasteiger partial charge in [-0.25, -0.2) is 0 Å². The van der Waals surface area contributed by atoms with E-state index in [4.69, 9.17) is 14.2 Å². The van der Waals surface area contributed by atoms with Crippen LogP contribution in [0.1, 0.15) is 278 Å². The Hall–Kier alpha value is -2.89. The highest BCUT2D eigenvalue weighted by atomic mass is 16.6. The van der Waals surface area contributed by atoms with Crippen LogP contribution in [0.25, 0.3) is 0 Å². The van der Waals surface area contributed by atoms with Crippen molar-refractivity contribution < 1.29 is 28.6 Å². The van der Waals surface area contributed by atoms with Crippen molar-refractivity contribution in [3.63, 3.8) is 0 Å². The monoisotopic (exact) mass is 909 g/mol. The van der Waals surface area contributed by atoms with Crippen molar-refractivity contribution in [1.29, 1.82) is 0 Å². The van der Waals surface area contributed by atoms with Crippen LogP contribution in [-0.4, -0.2) is 37.2 Å². The van der Waals surface area contributed by atoms with Crippen LogP contribution in [0, 0.1) is 0 Å². The lowest BCUT2D eigenvalue weighted by Crippen LogP contribution is -2.30. The first kappa shape index (κ1) is 62.1. The lowest BCUT2D eigenvalue weighted by atomic mass is 10.1. The van der Waals surface area contributed by atoms with Crippen LogP contribution >= 0.6 is 0 Å². The van der Waals surface area contributed by atoms with Crippen LogP contribution in [0.15, 0.2) is 60.8 Å². The van der Waals surface area contributed by atoms with Crippen LogP contribution in [-0.2, 0) is 28.6 Å². The van der Waals surface area contributed by atoms with E-state index in [1.165, 1.54) is 128 Å². The summed E-state index contributed by atoms with van der Waals surface area (Å²) in [6.07, 6.45) is 66.4. The molecule has 0 rings (SSSR count). The molecule has 0 radical (unpaired) electrons. The summed E-state index contributed by atoms with van der Waals surface area (Å²) in [5, 5.41) is 0. The average Bonchev–Trinajstić information content (AvgIpc) is 3.30. The molecule has 0 aliphatic rings. The van der Waals surface area contributed by atoms with Gasteiger partial charge in [0.1, 0.15) is 13.2 Å². The van der Waals surface area contributed by atoms with E-state index in [1.807, 2.05) is 0 Å². The number of ether oxygens (including phenoxy) is 3. The molecular formula is C59H104O6. The molecule has 0 fully saturated rings. The van der Waals surface area contributed by atoms with Crippen LogP contribution in [0.3, 0.4) is 0 Å². The van der Waals surface area contributed by atoms with E-state index in [-0.39, 0.29) is 31.1 Å². The van der Waals surface area contributed by atoms with Gasteiger partial charge in [0.25, 0.3) is 0 Å². The number of rotatable bonds is 50. The molecule has 0 spiro atoms. The van der Waals surface area contributed by atoms with Gasteiger partial charge in [-0.3, -0.25) is 14.4 Å². The lowest BCUT2D eigenvalue weighted by Gasteiger charge is -2.18. The van der Waals surface area contributed by atoms with Crippen LogP contribution in [0.4, 0.5) is 0 Å². The highest BCUT2D eigenvalue weighted by Crippen LogP contribution is 2.15. The topological polar surface area (TPSA) is 78.9 Å². The molecule has 0 saturated carbocycles. The largest absolute Gasteiger partial charge is 0.462 e. The van der Waals surface area contributed by atoms with E-state index in [9.17, 15) is 14.4 Å². The number of allylic oxidation sites excluding steroid dienone is 10. The summed E-state index contributed by atoms with van der Waals surface area (Å²) in [4.78, 5) is 38.0. The van der Waals surface area contributed by atoms with Gasteiger partial charge >= 0.3 is 17.9 Å². The third kappa shape index (κ3) is 51.9. The molecule has 6 heteroatoms. The van der Waals surface area contributed by atoms with Crippen molar-refractivity contribution in [3.8, 4) is 0 Å². The van der Waals surface area contributed by atoms with E-state index in [2.05, 4.69) is 81.5 Å². The molecule has 0 saturated heterocycles. The predicted octanol–water partition coefficient (Wildman–Crippen LogP) is 18.4. The Labute approximate surface area is 402 Å². The number of carbonyl (C=O) groups is 3. The van der Waals surface area contributed by atoms with Crippen molar-refractivity contribution in [2.75, 3.05) is 13.2 Å². The first-order valence-electron chi connectivity index (χ1n) is 27.8. The maximum absolute atomic E-state index is 12.8. The first-order valence-corrected chi connectivity index (χ1v) is 27.8. The number of carbonyl (C=O) groups excluding carboxylic acids is 3. The number of esters is 3. The fourth-order valence-electron chi connectivity index (χ4n) is 7.78. The zero-order valence-corrected chi connectivity index (χ0v) is 43.0. The normalized spacial score (nSPS) is 12.5. The quantitative estimate of drug-likeness (QED) is 0.0262. The minimum absolute atomic E-state index is 0.0805. The molecule has 0 N–H and O–H groups in total. The third-order valence-corrected chi connectivity index (χ3v) is 12.0. The Bertz CT molecular complexity index is 1180. The molecular weight excluding hydrogens is 805 g/mol. The summed E-state index contributed by atoms with van der Waals surface area (Å²) < 4.78 is 16.8. The number of hydrogen-bond acceptors (Lipinski definition) is 6. The van der Waals surface area contributed by atoms with Gasteiger partial charge in [0.05, 0.1) is 0 Å². The minimum atomic E-state index is -0.782. The second-order valence-electron chi connectivity index (χ2n) is 18.5. The third-order valence-electron chi connectivity index (χ3n) is 12.0. The smallest absolute Gasteiger partial charge is 0.306 e. The second-order valence-corrected chi connectivity index (χ2v) is 18.5. The van der Waals surface area contributed by atoms with Gasteiger partial charge < -0.3 is 14.2 Å². The molecule has 0 aromatic heterocycles. The Balaban J connectivity index is 4.29. The van der Waals surface area contributed by atoms with Gasteiger partial charge in [-0.05, 0) is 83.5 Å². The first-order chi connectivity index (χ1) is 32.0. The Morgan fingerprint density at radius 2 is 0.585 bits per heavy atom. The van der Waals surface area contributed by atoms with Crippen molar-refractivity contribution in [2.45, 2.75) is 284 Å².